The Balaban J connectivity index is 2.19. The van der Waals surface area contributed by atoms with Crippen molar-refractivity contribution < 1.29 is 19.1 Å². The van der Waals surface area contributed by atoms with Gasteiger partial charge in [-0.3, -0.25) is 0 Å². The van der Waals surface area contributed by atoms with Crippen LogP contribution in [0.1, 0.15) is 27.6 Å². The van der Waals surface area contributed by atoms with E-state index in [1.807, 2.05) is 0 Å². The van der Waals surface area contributed by atoms with Gasteiger partial charge in [0.2, 0.25) is 0 Å². The number of carbonyl (C=O) groups is 2. The zero-order valence-electron chi connectivity index (χ0n) is 11.7. The zero-order chi connectivity index (χ0) is 15.2. The second-order valence-electron chi connectivity index (χ2n) is 4.08. The zero-order valence-corrected chi connectivity index (χ0v) is 11.7. The van der Waals surface area contributed by atoms with Crippen molar-refractivity contribution in [3.8, 4) is 11.4 Å². The molecule has 0 spiro atoms. The lowest BCUT2D eigenvalue weighted by Gasteiger charge is -2.04. The van der Waals surface area contributed by atoms with Gasteiger partial charge in [0.1, 0.15) is 0 Å². The largest absolute Gasteiger partial charge is 0.465 e. The highest BCUT2D eigenvalue weighted by molar-refractivity contribution is 5.90. The van der Waals surface area contributed by atoms with Gasteiger partial charge in [-0.2, -0.15) is 0 Å². The molecule has 1 aromatic heterocycles. The average molecular weight is 286 g/mol. The highest BCUT2D eigenvalue weighted by atomic mass is 16.5. The summed E-state index contributed by atoms with van der Waals surface area (Å²) in [6, 6.07) is 6.69. The van der Waals surface area contributed by atoms with Gasteiger partial charge in [0.05, 0.1) is 24.8 Å². The van der Waals surface area contributed by atoms with Gasteiger partial charge in [-0.05, 0) is 19.1 Å². The van der Waals surface area contributed by atoms with E-state index in [-0.39, 0.29) is 0 Å². The first-order chi connectivity index (χ1) is 10.2. The SMILES string of the molecule is CCOC(=O)c1cnc(-c2ccc(C(=O)OC)cc2)nc1. The number of aromatic nitrogens is 2. The second kappa shape index (κ2) is 6.60. The van der Waals surface area contributed by atoms with Gasteiger partial charge < -0.3 is 9.47 Å². The van der Waals surface area contributed by atoms with Gasteiger partial charge in [0.15, 0.2) is 5.82 Å². The first kappa shape index (κ1) is 14.6. The number of rotatable bonds is 4. The standard InChI is InChI=1S/C15H14N2O4/c1-3-21-15(19)12-8-16-13(17-9-12)10-4-6-11(7-5-10)14(18)20-2/h4-9H,3H2,1-2H3. The van der Waals surface area contributed by atoms with Crippen molar-refractivity contribution in [1.82, 2.24) is 9.97 Å². The summed E-state index contributed by atoms with van der Waals surface area (Å²) < 4.78 is 9.48. The number of benzene rings is 1. The van der Waals surface area contributed by atoms with Gasteiger partial charge in [0.25, 0.3) is 0 Å². The van der Waals surface area contributed by atoms with Crippen molar-refractivity contribution in [3.63, 3.8) is 0 Å². The van der Waals surface area contributed by atoms with Crippen molar-refractivity contribution in [1.29, 1.82) is 0 Å². The molecule has 0 aliphatic carbocycles. The summed E-state index contributed by atoms with van der Waals surface area (Å²) in [7, 11) is 1.33. The molecule has 0 saturated heterocycles. The van der Waals surface area contributed by atoms with E-state index in [0.717, 1.165) is 5.56 Å². The fourth-order valence-electron chi connectivity index (χ4n) is 1.67. The predicted octanol–water partition coefficient (Wildman–Crippen LogP) is 2.11. The molecule has 2 rings (SSSR count). The smallest absolute Gasteiger partial charge is 0.341 e. The molecule has 0 aliphatic heterocycles. The number of methoxy groups -OCH3 is 1. The Hall–Kier alpha value is -2.76. The van der Waals surface area contributed by atoms with Gasteiger partial charge >= 0.3 is 11.9 Å². The molecule has 1 heterocycles. The molecule has 0 fully saturated rings. The Kier molecular flexibility index (Phi) is 4.61. The van der Waals surface area contributed by atoms with Gasteiger partial charge in [0, 0.05) is 18.0 Å². The van der Waals surface area contributed by atoms with Gasteiger partial charge in [-0.1, -0.05) is 12.1 Å². The monoisotopic (exact) mass is 286 g/mol. The minimum absolute atomic E-state index is 0.298. The Morgan fingerprint density at radius 3 is 2.14 bits per heavy atom. The van der Waals surface area contributed by atoms with E-state index in [4.69, 9.17) is 4.74 Å². The third kappa shape index (κ3) is 3.42. The van der Waals surface area contributed by atoms with E-state index in [1.165, 1.54) is 19.5 Å². The minimum atomic E-state index is -0.454. The summed E-state index contributed by atoms with van der Waals surface area (Å²) in [6.45, 7) is 2.03. The van der Waals surface area contributed by atoms with Crippen molar-refractivity contribution in [2.24, 2.45) is 0 Å². The maximum atomic E-state index is 11.5. The molecule has 6 nitrogen and oxygen atoms in total. The first-order valence-electron chi connectivity index (χ1n) is 6.33. The summed E-state index contributed by atoms with van der Waals surface area (Å²) in [5.74, 6) is -0.398. The van der Waals surface area contributed by atoms with Crippen molar-refractivity contribution >= 4 is 11.9 Å². The number of carbonyl (C=O) groups excluding carboxylic acids is 2. The number of esters is 2. The Morgan fingerprint density at radius 1 is 1.00 bits per heavy atom. The molecular formula is C15H14N2O4. The van der Waals surface area contributed by atoms with Crippen LogP contribution in [0.3, 0.4) is 0 Å². The van der Waals surface area contributed by atoms with Crippen LogP contribution in [-0.4, -0.2) is 35.6 Å². The van der Waals surface area contributed by atoms with Gasteiger partial charge in [-0.25, -0.2) is 19.6 Å². The summed E-state index contributed by atoms with van der Waals surface area (Å²) in [5, 5.41) is 0. The molecule has 0 unspecified atom stereocenters. The van der Waals surface area contributed by atoms with E-state index in [9.17, 15) is 9.59 Å². The molecule has 0 atom stereocenters. The summed E-state index contributed by atoms with van der Waals surface area (Å²) in [4.78, 5) is 31.1. The molecule has 0 radical (unpaired) electrons. The van der Waals surface area contributed by atoms with Crippen LogP contribution < -0.4 is 0 Å². The van der Waals surface area contributed by atoms with Crippen molar-refractivity contribution in [3.05, 3.63) is 47.8 Å². The molecule has 21 heavy (non-hydrogen) atoms. The van der Waals surface area contributed by atoms with Crippen LogP contribution in [0.5, 0.6) is 0 Å². The summed E-state index contributed by atoms with van der Waals surface area (Å²) in [5.41, 5.74) is 1.48. The lowest BCUT2D eigenvalue weighted by molar-refractivity contribution is 0.0524. The quantitative estimate of drug-likeness (QED) is 0.801. The third-order valence-electron chi connectivity index (χ3n) is 2.73. The Morgan fingerprint density at radius 2 is 1.62 bits per heavy atom. The molecule has 0 N–H and O–H groups in total. The van der Waals surface area contributed by atoms with Crippen LogP contribution in [-0.2, 0) is 9.47 Å². The molecule has 0 saturated carbocycles. The summed E-state index contributed by atoms with van der Waals surface area (Å²) in [6.07, 6.45) is 2.82. The fraction of sp³-hybridized carbons (Fsp3) is 0.200. The number of ether oxygens (including phenoxy) is 2. The van der Waals surface area contributed by atoms with E-state index in [1.54, 1.807) is 31.2 Å². The predicted molar refractivity (Wildman–Crippen MR) is 74.8 cm³/mol. The highest BCUT2D eigenvalue weighted by Crippen LogP contribution is 2.16. The molecule has 108 valence electrons. The average Bonchev–Trinajstić information content (AvgIpc) is 2.54. The normalized spacial score (nSPS) is 10.0. The maximum absolute atomic E-state index is 11.5. The van der Waals surface area contributed by atoms with Crippen LogP contribution in [0.4, 0.5) is 0 Å². The Bertz CT molecular complexity index is 636. The lowest BCUT2D eigenvalue weighted by atomic mass is 10.1. The molecular weight excluding hydrogens is 272 g/mol. The lowest BCUT2D eigenvalue weighted by Crippen LogP contribution is -2.06. The third-order valence-corrected chi connectivity index (χ3v) is 2.73. The molecule has 0 aliphatic rings. The molecule has 2 aromatic rings. The van der Waals surface area contributed by atoms with Crippen molar-refractivity contribution in [2.45, 2.75) is 6.92 Å². The van der Waals surface area contributed by atoms with Crippen LogP contribution >= 0.6 is 0 Å². The van der Waals surface area contributed by atoms with E-state index in [2.05, 4.69) is 14.7 Å². The van der Waals surface area contributed by atoms with E-state index < -0.39 is 11.9 Å². The second-order valence-corrected chi connectivity index (χ2v) is 4.08. The number of nitrogens with zero attached hydrogens (tertiary/aromatic N) is 2. The topological polar surface area (TPSA) is 78.4 Å². The van der Waals surface area contributed by atoms with Crippen molar-refractivity contribution in [2.75, 3.05) is 13.7 Å². The number of hydrogen-bond donors (Lipinski definition) is 0. The minimum Gasteiger partial charge on any atom is -0.465 e. The molecule has 6 heteroatoms. The number of hydrogen-bond acceptors (Lipinski definition) is 6. The van der Waals surface area contributed by atoms with Crippen LogP contribution in [0.25, 0.3) is 11.4 Å². The molecule has 0 bridgehead atoms. The van der Waals surface area contributed by atoms with Crippen LogP contribution in [0.15, 0.2) is 36.7 Å². The van der Waals surface area contributed by atoms with Gasteiger partial charge in [-0.15, -0.1) is 0 Å². The summed E-state index contributed by atoms with van der Waals surface area (Å²) >= 11 is 0. The van der Waals surface area contributed by atoms with Crippen LogP contribution in [0.2, 0.25) is 0 Å². The molecule has 0 amide bonds. The maximum Gasteiger partial charge on any atom is 0.341 e. The van der Waals surface area contributed by atoms with E-state index >= 15 is 0 Å². The molecule has 1 aromatic carbocycles. The Labute approximate surface area is 121 Å². The first-order valence-corrected chi connectivity index (χ1v) is 6.33. The highest BCUT2D eigenvalue weighted by Gasteiger charge is 2.10. The van der Waals surface area contributed by atoms with E-state index in [0.29, 0.717) is 23.6 Å². The fourth-order valence-corrected chi connectivity index (χ4v) is 1.67. The van der Waals surface area contributed by atoms with Crippen LogP contribution in [0, 0.1) is 0 Å².